The molecule has 4 nitrogen and oxygen atoms in total. The Bertz CT molecular complexity index is 1140. The molecular weight excluding hydrogens is 470 g/mol. The number of hydrogen-bond acceptors (Lipinski definition) is 3. The highest BCUT2D eigenvalue weighted by molar-refractivity contribution is 7.86. The minimum absolute atomic E-state index is 0.190. The number of hydrogen-bond donors (Lipinski definition) is 2. The molecule has 3 aromatic rings. The fourth-order valence-corrected chi connectivity index (χ4v) is 3.56. The van der Waals surface area contributed by atoms with Crippen molar-refractivity contribution in [2.45, 2.75) is 32.0 Å². The molecule has 0 aliphatic carbocycles. The van der Waals surface area contributed by atoms with E-state index in [2.05, 4.69) is 14.8 Å². The van der Waals surface area contributed by atoms with Crippen LogP contribution in [0.2, 0.25) is 0 Å². The van der Waals surface area contributed by atoms with Gasteiger partial charge in [-0.15, -0.1) is 13.2 Å². The number of nitrogens with one attached hydrogen (secondary N) is 2. The lowest BCUT2D eigenvalue weighted by Gasteiger charge is -2.17. The zero-order valence-electron chi connectivity index (χ0n) is 17.7. The first-order valence-electron chi connectivity index (χ1n) is 9.59. The first kappa shape index (κ1) is 26.0. The Morgan fingerprint density at radius 3 is 2.15 bits per heavy atom. The summed E-state index contributed by atoms with van der Waals surface area (Å²) < 4.78 is 99.0. The second-order valence-corrected chi connectivity index (χ2v) is 7.44. The van der Waals surface area contributed by atoms with Crippen LogP contribution < -0.4 is 14.8 Å². The van der Waals surface area contributed by atoms with Crippen molar-refractivity contribution in [3.8, 4) is 5.75 Å². The fourth-order valence-electron chi connectivity index (χ4n) is 2.58. The van der Waals surface area contributed by atoms with Gasteiger partial charge < -0.3 is 10.1 Å². The van der Waals surface area contributed by atoms with Gasteiger partial charge in [0.15, 0.2) is 22.6 Å². The van der Waals surface area contributed by atoms with E-state index in [1.807, 2.05) is 13.8 Å². The third-order valence-electron chi connectivity index (χ3n) is 3.96. The van der Waals surface area contributed by atoms with Gasteiger partial charge >= 0.3 is 6.36 Å². The van der Waals surface area contributed by atoms with Crippen LogP contribution in [0.25, 0.3) is 0 Å². The van der Waals surface area contributed by atoms with E-state index in [4.69, 9.17) is 0 Å². The van der Waals surface area contributed by atoms with Crippen LogP contribution in [0.5, 0.6) is 5.75 Å². The van der Waals surface area contributed by atoms with Crippen molar-refractivity contribution in [3.05, 3.63) is 77.6 Å². The number of halogens is 6. The Labute approximate surface area is 189 Å². The van der Waals surface area contributed by atoms with E-state index in [9.17, 15) is 30.6 Å². The number of alkyl halides is 3. The van der Waals surface area contributed by atoms with E-state index in [-0.39, 0.29) is 11.4 Å². The summed E-state index contributed by atoms with van der Waals surface area (Å²) >= 11 is 0. The zero-order chi connectivity index (χ0) is 24.8. The van der Waals surface area contributed by atoms with Gasteiger partial charge in [0.1, 0.15) is 22.1 Å². The molecule has 2 N–H and O–H groups in total. The molecule has 11 heteroatoms. The quantitative estimate of drug-likeness (QED) is 0.359. The molecule has 1 unspecified atom stereocenters. The molecular formula is C22H20F6N2O2S. The molecule has 0 amide bonds. The lowest BCUT2D eigenvalue weighted by Crippen LogP contribution is -2.19. The van der Waals surface area contributed by atoms with Crippen LogP contribution in [0.15, 0.2) is 59.5 Å². The summed E-state index contributed by atoms with van der Waals surface area (Å²) in [6.45, 7) is 5.63. The minimum atomic E-state index is -5.03. The van der Waals surface area contributed by atoms with Crippen LogP contribution in [0.1, 0.15) is 19.4 Å². The van der Waals surface area contributed by atoms with Gasteiger partial charge in [0.2, 0.25) is 0 Å². The molecule has 3 rings (SSSR count). The highest BCUT2D eigenvalue weighted by atomic mass is 32.2. The number of para-hydroxylation sites is 1. The molecule has 0 heterocycles. The maximum absolute atomic E-state index is 14.4. The summed E-state index contributed by atoms with van der Waals surface area (Å²) in [6, 6.07) is 10.3. The van der Waals surface area contributed by atoms with Gasteiger partial charge in [0, 0.05) is 0 Å². The summed E-state index contributed by atoms with van der Waals surface area (Å²) in [5.41, 5.74) is -0.461. The maximum Gasteiger partial charge on any atom is 0.573 e. The van der Waals surface area contributed by atoms with Crippen molar-refractivity contribution in [1.29, 1.82) is 0 Å². The van der Waals surface area contributed by atoms with Crippen LogP contribution in [0.3, 0.4) is 0 Å². The van der Waals surface area contributed by atoms with Crippen LogP contribution in [-0.4, -0.2) is 10.6 Å². The topological polar surface area (TPSA) is 50.4 Å². The summed E-state index contributed by atoms with van der Waals surface area (Å²) in [7, 11) is -2.37. The number of aryl methyl sites for hydroxylation is 1. The molecule has 0 aliphatic rings. The predicted octanol–water partition coefficient (Wildman–Crippen LogP) is 7.22. The molecule has 3 aromatic carbocycles. The molecule has 33 heavy (non-hydrogen) atoms. The van der Waals surface area contributed by atoms with Gasteiger partial charge in [-0.2, -0.15) is 0 Å². The molecule has 0 saturated heterocycles. The number of rotatable bonds is 6. The van der Waals surface area contributed by atoms with Crippen molar-refractivity contribution in [1.82, 2.24) is 0 Å². The number of benzene rings is 3. The van der Waals surface area contributed by atoms with E-state index in [1.54, 1.807) is 6.92 Å². The Morgan fingerprint density at radius 1 is 0.879 bits per heavy atom. The third-order valence-corrected chi connectivity index (χ3v) is 5.10. The molecule has 0 fully saturated rings. The molecule has 0 bridgehead atoms. The molecule has 0 spiro atoms. The Hall–Kier alpha value is -3.21. The summed E-state index contributed by atoms with van der Waals surface area (Å²) in [6.07, 6.45) is -5.03. The minimum Gasteiger partial charge on any atom is -0.404 e. The maximum atomic E-state index is 14.4. The molecule has 0 saturated carbocycles. The normalized spacial score (nSPS) is 11.8. The van der Waals surface area contributed by atoms with E-state index in [0.29, 0.717) is 5.56 Å². The van der Waals surface area contributed by atoms with E-state index in [1.165, 1.54) is 24.3 Å². The highest BCUT2D eigenvalue weighted by Gasteiger charge is 2.33. The van der Waals surface area contributed by atoms with Gasteiger partial charge in [0.05, 0.1) is 11.4 Å². The lowest BCUT2D eigenvalue weighted by molar-refractivity contribution is -0.275. The molecule has 0 aliphatic heterocycles. The smallest absolute Gasteiger partial charge is 0.404 e. The van der Waals surface area contributed by atoms with Crippen LogP contribution >= 0.6 is 0 Å². The molecule has 1 atom stereocenters. The van der Waals surface area contributed by atoms with E-state index >= 15 is 0 Å². The monoisotopic (exact) mass is 490 g/mol. The number of anilines is 3. The largest absolute Gasteiger partial charge is 0.573 e. The van der Waals surface area contributed by atoms with E-state index in [0.717, 1.165) is 30.3 Å². The molecule has 178 valence electrons. The summed E-state index contributed by atoms with van der Waals surface area (Å²) in [5.74, 6) is -4.16. The predicted molar refractivity (Wildman–Crippen MR) is 115 cm³/mol. The highest BCUT2D eigenvalue weighted by Crippen LogP contribution is 2.34. The van der Waals surface area contributed by atoms with Crippen LogP contribution in [0.4, 0.5) is 43.4 Å². The molecule has 0 aromatic heterocycles. The van der Waals surface area contributed by atoms with Crippen molar-refractivity contribution >= 4 is 28.0 Å². The Morgan fingerprint density at radius 2 is 1.52 bits per heavy atom. The van der Waals surface area contributed by atoms with E-state index < -0.39 is 51.1 Å². The van der Waals surface area contributed by atoms with Crippen LogP contribution in [-0.2, 0) is 11.0 Å². The second kappa shape index (κ2) is 11.1. The van der Waals surface area contributed by atoms with Gasteiger partial charge in [0.25, 0.3) is 0 Å². The lowest BCUT2D eigenvalue weighted by atomic mass is 10.2. The second-order valence-electron chi connectivity index (χ2n) is 6.26. The van der Waals surface area contributed by atoms with Gasteiger partial charge in [-0.05, 0) is 48.9 Å². The van der Waals surface area contributed by atoms with Crippen molar-refractivity contribution < 1.29 is 35.3 Å². The average Bonchev–Trinajstić information content (AvgIpc) is 2.75. The third kappa shape index (κ3) is 6.88. The Kier molecular flexibility index (Phi) is 8.75. The van der Waals surface area contributed by atoms with Crippen molar-refractivity contribution in [2.75, 3.05) is 10.0 Å². The average molecular weight is 490 g/mol. The van der Waals surface area contributed by atoms with Crippen molar-refractivity contribution in [3.63, 3.8) is 0 Å². The fraction of sp³-hybridized carbons (Fsp3) is 0.182. The SMILES string of the molecule is CC.Cc1ccc(Nc2c(NS(=O)c3ccccc3OC(F)(F)F)ccc(F)c2F)c(F)c1. The first-order valence-corrected chi connectivity index (χ1v) is 10.7. The first-order chi connectivity index (χ1) is 15.5. The molecule has 0 radical (unpaired) electrons. The number of ether oxygens (including phenoxy) is 1. The van der Waals surface area contributed by atoms with Crippen LogP contribution in [0, 0.1) is 24.4 Å². The van der Waals surface area contributed by atoms with Gasteiger partial charge in [-0.25, -0.2) is 17.4 Å². The van der Waals surface area contributed by atoms with Gasteiger partial charge in [-0.3, -0.25) is 4.72 Å². The van der Waals surface area contributed by atoms with Crippen molar-refractivity contribution in [2.24, 2.45) is 0 Å². The summed E-state index contributed by atoms with van der Waals surface area (Å²) in [4.78, 5) is -0.392. The Balaban J connectivity index is 0.00000187. The standard InChI is InChI=1S/C20H14F6N2O2S.C2H6/c1-11-6-8-14(13(22)10-11)27-19-15(9-7-12(21)18(19)23)28-31(29)17-5-3-2-4-16(17)30-20(24,25)26;1-2/h2-10,27-28H,1H3;1-2H3. The summed E-state index contributed by atoms with van der Waals surface area (Å²) in [5, 5.41) is 2.39. The zero-order valence-corrected chi connectivity index (χ0v) is 18.5. The van der Waals surface area contributed by atoms with Gasteiger partial charge in [-0.1, -0.05) is 32.0 Å².